The Hall–Kier alpha value is -0.0200. The number of hydrogen-bond donors (Lipinski definition) is 1. The molecule has 4 nitrogen and oxygen atoms in total. The fraction of sp³-hybridized carbons (Fsp3) is 0.714. The highest BCUT2D eigenvalue weighted by Gasteiger charge is 2.28. The molecule has 2 heterocycles. The van der Waals surface area contributed by atoms with Crippen LogP contribution in [0.1, 0.15) is 30.7 Å². The zero-order valence-electron chi connectivity index (χ0n) is 13.2. The lowest BCUT2D eigenvalue weighted by molar-refractivity contribution is 0.375. The van der Waals surface area contributed by atoms with E-state index in [1.54, 1.807) is 11.3 Å². The molecule has 0 radical (unpaired) electrons. The SMILES string of the molecule is CCc1cnc(CNC(=NC)N2CCSC(C)(C)C2)s1.I. The molecule has 0 aromatic carbocycles. The van der Waals surface area contributed by atoms with Crippen LogP contribution in [0.5, 0.6) is 0 Å². The van der Waals surface area contributed by atoms with Crippen LogP contribution >= 0.6 is 47.1 Å². The van der Waals surface area contributed by atoms with E-state index < -0.39 is 0 Å². The minimum Gasteiger partial charge on any atom is -0.350 e. The maximum Gasteiger partial charge on any atom is 0.194 e. The highest BCUT2D eigenvalue weighted by Crippen LogP contribution is 2.29. The minimum absolute atomic E-state index is 0. The maximum atomic E-state index is 4.45. The Labute approximate surface area is 153 Å². The molecule has 7 heteroatoms. The van der Waals surface area contributed by atoms with Crippen LogP contribution in [0.15, 0.2) is 11.2 Å². The van der Waals surface area contributed by atoms with Gasteiger partial charge in [-0.05, 0) is 20.3 Å². The summed E-state index contributed by atoms with van der Waals surface area (Å²) in [5.74, 6) is 2.15. The molecular weight excluding hydrogens is 415 g/mol. The van der Waals surface area contributed by atoms with Gasteiger partial charge in [-0.3, -0.25) is 4.99 Å². The average Bonchev–Trinajstić information content (AvgIpc) is 2.86. The van der Waals surface area contributed by atoms with Gasteiger partial charge in [0.05, 0.1) is 6.54 Å². The Morgan fingerprint density at radius 1 is 1.52 bits per heavy atom. The topological polar surface area (TPSA) is 40.5 Å². The molecule has 2 rings (SSSR count). The third-order valence-corrected chi connectivity index (χ3v) is 5.72. The third kappa shape index (κ3) is 5.59. The van der Waals surface area contributed by atoms with Crippen molar-refractivity contribution in [1.82, 2.24) is 15.2 Å². The van der Waals surface area contributed by atoms with E-state index in [2.05, 4.69) is 41.0 Å². The van der Waals surface area contributed by atoms with E-state index in [0.717, 1.165) is 42.8 Å². The lowest BCUT2D eigenvalue weighted by atomic mass is 10.2. The number of aromatic nitrogens is 1. The Morgan fingerprint density at radius 2 is 2.29 bits per heavy atom. The van der Waals surface area contributed by atoms with Gasteiger partial charge in [-0.15, -0.1) is 35.3 Å². The van der Waals surface area contributed by atoms with Crippen molar-refractivity contribution in [3.05, 3.63) is 16.1 Å². The summed E-state index contributed by atoms with van der Waals surface area (Å²) in [6.07, 6.45) is 3.04. The zero-order chi connectivity index (χ0) is 14.6. The Morgan fingerprint density at radius 3 is 2.86 bits per heavy atom. The van der Waals surface area contributed by atoms with E-state index in [0.29, 0.717) is 4.75 Å². The van der Waals surface area contributed by atoms with E-state index in [9.17, 15) is 0 Å². The number of aliphatic imine (C=N–C) groups is 1. The monoisotopic (exact) mass is 440 g/mol. The first-order chi connectivity index (χ1) is 9.54. The van der Waals surface area contributed by atoms with Crippen LogP contribution in [0.2, 0.25) is 0 Å². The van der Waals surface area contributed by atoms with Crippen LogP contribution in [0.25, 0.3) is 0 Å². The van der Waals surface area contributed by atoms with E-state index in [4.69, 9.17) is 0 Å². The van der Waals surface area contributed by atoms with Crippen molar-refractivity contribution >= 4 is 53.0 Å². The van der Waals surface area contributed by atoms with Crippen molar-refractivity contribution in [3.8, 4) is 0 Å². The Bertz CT molecular complexity index is 473. The average molecular weight is 440 g/mol. The number of rotatable bonds is 3. The minimum atomic E-state index is 0. The van der Waals surface area contributed by atoms with Gasteiger partial charge in [0.15, 0.2) is 5.96 Å². The lowest BCUT2D eigenvalue weighted by Crippen LogP contribution is -2.50. The van der Waals surface area contributed by atoms with Gasteiger partial charge in [0.25, 0.3) is 0 Å². The van der Waals surface area contributed by atoms with Crippen LogP contribution in [0, 0.1) is 0 Å². The van der Waals surface area contributed by atoms with Crippen LogP contribution < -0.4 is 5.32 Å². The van der Waals surface area contributed by atoms with Gasteiger partial charge in [0.1, 0.15) is 5.01 Å². The van der Waals surface area contributed by atoms with Crippen molar-refractivity contribution in [3.63, 3.8) is 0 Å². The normalized spacial score (nSPS) is 18.3. The molecule has 1 aliphatic heterocycles. The summed E-state index contributed by atoms with van der Waals surface area (Å²) in [7, 11) is 1.86. The van der Waals surface area contributed by atoms with E-state index in [1.807, 2.05) is 25.0 Å². The summed E-state index contributed by atoms with van der Waals surface area (Å²) in [6, 6.07) is 0. The summed E-state index contributed by atoms with van der Waals surface area (Å²) in [5, 5.41) is 4.58. The van der Waals surface area contributed by atoms with Gasteiger partial charge in [-0.1, -0.05) is 6.92 Å². The van der Waals surface area contributed by atoms with E-state index >= 15 is 0 Å². The molecule has 120 valence electrons. The molecule has 1 fully saturated rings. The van der Waals surface area contributed by atoms with Crippen LogP contribution in [0.4, 0.5) is 0 Å². The fourth-order valence-electron chi connectivity index (χ4n) is 2.28. The molecule has 1 N–H and O–H groups in total. The molecule has 0 amide bonds. The van der Waals surface area contributed by atoms with E-state index in [1.165, 1.54) is 4.88 Å². The molecule has 1 aromatic rings. The smallest absolute Gasteiger partial charge is 0.194 e. The van der Waals surface area contributed by atoms with Crippen molar-refractivity contribution in [1.29, 1.82) is 0 Å². The molecule has 1 aromatic heterocycles. The summed E-state index contributed by atoms with van der Waals surface area (Å²) >= 11 is 3.82. The van der Waals surface area contributed by atoms with Gasteiger partial charge in [0.2, 0.25) is 0 Å². The highest BCUT2D eigenvalue weighted by atomic mass is 127. The number of hydrogen-bond acceptors (Lipinski definition) is 4. The fourth-order valence-corrected chi connectivity index (χ4v) is 4.19. The standard InChI is InChI=1S/C14H24N4S2.HI/c1-5-11-8-16-12(20-11)9-17-13(15-4)18-6-7-19-14(2,3)10-18;/h8H,5-7,9-10H2,1-4H3,(H,15,17);1H. The van der Waals surface area contributed by atoms with Crippen molar-refractivity contribution in [2.75, 3.05) is 25.9 Å². The zero-order valence-corrected chi connectivity index (χ0v) is 17.1. The van der Waals surface area contributed by atoms with Gasteiger partial charge < -0.3 is 10.2 Å². The largest absolute Gasteiger partial charge is 0.350 e. The Kier molecular flexibility index (Phi) is 7.77. The second-order valence-electron chi connectivity index (χ2n) is 5.50. The summed E-state index contributed by atoms with van der Waals surface area (Å²) in [6.45, 7) is 9.62. The summed E-state index contributed by atoms with van der Waals surface area (Å²) in [5.41, 5.74) is 0. The van der Waals surface area contributed by atoms with Gasteiger partial charge in [0, 0.05) is 41.7 Å². The molecule has 1 saturated heterocycles. The molecule has 0 unspecified atom stereocenters. The van der Waals surface area contributed by atoms with Crippen LogP contribution in [-0.2, 0) is 13.0 Å². The number of thioether (sulfide) groups is 1. The third-order valence-electron chi connectivity index (χ3n) is 3.28. The number of nitrogens with zero attached hydrogens (tertiary/aromatic N) is 3. The maximum absolute atomic E-state index is 4.45. The number of aryl methyl sites for hydroxylation is 1. The summed E-state index contributed by atoms with van der Waals surface area (Å²) < 4.78 is 0.298. The van der Waals surface area contributed by atoms with Crippen molar-refractivity contribution < 1.29 is 0 Å². The molecule has 21 heavy (non-hydrogen) atoms. The number of thiazole rings is 1. The highest BCUT2D eigenvalue weighted by molar-refractivity contribution is 14.0. The van der Waals surface area contributed by atoms with Gasteiger partial charge in [-0.2, -0.15) is 11.8 Å². The molecular formula is C14H25IN4S2. The molecule has 0 bridgehead atoms. The van der Waals surface area contributed by atoms with Gasteiger partial charge in [-0.25, -0.2) is 4.98 Å². The van der Waals surface area contributed by atoms with Crippen molar-refractivity contribution in [2.24, 2.45) is 4.99 Å². The molecule has 0 spiro atoms. The second kappa shape index (κ2) is 8.57. The van der Waals surface area contributed by atoms with Crippen molar-refractivity contribution in [2.45, 2.75) is 38.5 Å². The molecule has 0 aliphatic carbocycles. The van der Waals surface area contributed by atoms with Gasteiger partial charge >= 0.3 is 0 Å². The first kappa shape index (κ1) is 19.0. The summed E-state index contributed by atoms with van der Waals surface area (Å²) in [4.78, 5) is 12.6. The first-order valence-electron chi connectivity index (χ1n) is 7.07. The van der Waals surface area contributed by atoms with E-state index in [-0.39, 0.29) is 24.0 Å². The lowest BCUT2D eigenvalue weighted by Gasteiger charge is -2.39. The second-order valence-corrected chi connectivity index (χ2v) is 8.51. The molecule has 1 aliphatic rings. The Balaban J connectivity index is 0.00000220. The molecule has 0 saturated carbocycles. The molecule has 0 atom stereocenters. The number of guanidine groups is 1. The van der Waals surface area contributed by atoms with Crippen LogP contribution in [-0.4, -0.2) is 46.5 Å². The first-order valence-corrected chi connectivity index (χ1v) is 8.87. The number of halogens is 1. The predicted molar refractivity (Wildman–Crippen MR) is 105 cm³/mol. The number of nitrogens with one attached hydrogen (secondary N) is 1. The van der Waals surface area contributed by atoms with Crippen LogP contribution in [0.3, 0.4) is 0 Å². The quantitative estimate of drug-likeness (QED) is 0.445. The predicted octanol–water partition coefficient (Wildman–Crippen LogP) is 3.23.